The van der Waals surface area contributed by atoms with Crippen molar-refractivity contribution in [2.45, 2.75) is 6.54 Å². The van der Waals surface area contributed by atoms with Crippen molar-refractivity contribution in [2.24, 2.45) is 0 Å². The molecule has 3 rings (SSSR count). The van der Waals surface area contributed by atoms with Gasteiger partial charge in [0.2, 0.25) is 5.88 Å². The van der Waals surface area contributed by atoms with Crippen LogP contribution < -0.4 is 10.1 Å². The third kappa shape index (κ3) is 3.91. The third-order valence-corrected chi connectivity index (χ3v) is 3.13. The van der Waals surface area contributed by atoms with Gasteiger partial charge in [-0.1, -0.05) is 24.3 Å². The molecule has 0 aliphatic rings. The van der Waals surface area contributed by atoms with Crippen molar-refractivity contribution in [1.82, 2.24) is 15.3 Å². The predicted octanol–water partition coefficient (Wildman–Crippen LogP) is 3.20. The van der Waals surface area contributed by atoms with Gasteiger partial charge in [-0.15, -0.1) is 0 Å². The summed E-state index contributed by atoms with van der Waals surface area (Å²) < 4.78 is 5.70. The van der Waals surface area contributed by atoms with Crippen LogP contribution in [0.25, 0.3) is 0 Å². The molecule has 0 bridgehead atoms. The molecule has 0 aliphatic carbocycles. The first kappa shape index (κ1) is 14.7. The van der Waals surface area contributed by atoms with E-state index in [0.29, 0.717) is 17.9 Å². The van der Waals surface area contributed by atoms with E-state index < -0.39 is 0 Å². The summed E-state index contributed by atoms with van der Waals surface area (Å²) in [7, 11) is 0. The maximum atomic E-state index is 12.4. The lowest BCUT2D eigenvalue weighted by atomic mass is 10.2. The third-order valence-electron chi connectivity index (χ3n) is 3.13. The van der Waals surface area contributed by atoms with Gasteiger partial charge in [-0.2, -0.15) is 0 Å². The van der Waals surface area contributed by atoms with Crippen LogP contribution in [0.15, 0.2) is 73.1 Å². The highest BCUT2D eigenvalue weighted by Crippen LogP contribution is 2.22. The lowest BCUT2D eigenvalue weighted by Crippen LogP contribution is -2.24. The van der Waals surface area contributed by atoms with E-state index in [1.165, 1.54) is 0 Å². The molecule has 0 unspecified atom stereocenters. The predicted molar refractivity (Wildman–Crippen MR) is 86.2 cm³/mol. The number of benzene rings is 1. The minimum Gasteiger partial charge on any atom is -0.438 e. The number of rotatable bonds is 5. The number of carbonyl (C=O) groups excluding carboxylic acids is 1. The van der Waals surface area contributed by atoms with Crippen LogP contribution in [0.1, 0.15) is 16.1 Å². The van der Waals surface area contributed by atoms with Gasteiger partial charge in [0.05, 0.1) is 12.2 Å². The first-order valence-corrected chi connectivity index (χ1v) is 7.19. The van der Waals surface area contributed by atoms with Crippen molar-refractivity contribution in [3.63, 3.8) is 0 Å². The molecule has 0 saturated heterocycles. The van der Waals surface area contributed by atoms with Crippen molar-refractivity contribution < 1.29 is 9.53 Å². The van der Waals surface area contributed by atoms with Crippen LogP contribution >= 0.6 is 0 Å². The molecule has 5 heteroatoms. The fraction of sp³-hybridized carbons (Fsp3) is 0.0556. The Morgan fingerprint density at radius 2 is 1.70 bits per heavy atom. The summed E-state index contributed by atoms with van der Waals surface area (Å²) in [6, 6.07) is 18.2. The van der Waals surface area contributed by atoms with E-state index >= 15 is 0 Å². The number of pyridine rings is 2. The van der Waals surface area contributed by atoms with Crippen LogP contribution in [-0.4, -0.2) is 15.9 Å². The molecule has 3 aromatic rings. The Bertz CT molecular complexity index is 777. The highest BCUT2D eigenvalue weighted by molar-refractivity contribution is 5.96. The minimum absolute atomic E-state index is 0.255. The number of aromatic nitrogens is 2. The lowest BCUT2D eigenvalue weighted by Gasteiger charge is -2.10. The maximum Gasteiger partial charge on any atom is 0.257 e. The number of hydrogen-bond donors (Lipinski definition) is 1. The largest absolute Gasteiger partial charge is 0.438 e. The van der Waals surface area contributed by atoms with Crippen LogP contribution in [0.3, 0.4) is 0 Å². The second-order valence-electron chi connectivity index (χ2n) is 4.77. The maximum absolute atomic E-state index is 12.4. The highest BCUT2D eigenvalue weighted by Gasteiger charge is 2.14. The number of carbonyl (C=O) groups is 1. The molecule has 114 valence electrons. The molecule has 0 radical (unpaired) electrons. The number of nitrogens with one attached hydrogen (secondary N) is 1. The number of para-hydroxylation sites is 1. The second-order valence-corrected chi connectivity index (χ2v) is 4.77. The fourth-order valence-corrected chi connectivity index (χ4v) is 2.01. The van der Waals surface area contributed by atoms with Gasteiger partial charge in [-0.25, -0.2) is 4.98 Å². The molecule has 2 heterocycles. The molecule has 0 fully saturated rings. The summed E-state index contributed by atoms with van der Waals surface area (Å²) in [6.07, 6.45) is 3.28. The molecule has 2 aromatic heterocycles. The van der Waals surface area contributed by atoms with Crippen LogP contribution in [0.2, 0.25) is 0 Å². The van der Waals surface area contributed by atoms with Gasteiger partial charge in [-0.3, -0.25) is 9.78 Å². The summed E-state index contributed by atoms with van der Waals surface area (Å²) in [5, 5.41) is 2.82. The molecule has 0 saturated carbocycles. The molecule has 23 heavy (non-hydrogen) atoms. The molecule has 1 amide bonds. The van der Waals surface area contributed by atoms with Crippen molar-refractivity contribution >= 4 is 5.91 Å². The van der Waals surface area contributed by atoms with Crippen LogP contribution in [0, 0.1) is 0 Å². The normalized spacial score (nSPS) is 10.1. The number of hydrogen-bond acceptors (Lipinski definition) is 4. The standard InChI is InChI=1S/C18H15N3O2/c22-17(21-13-14-7-4-5-11-19-14)16-10-6-12-20-18(16)23-15-8-2-1-3-9-15/h1-12H,13H2,(H,21,22). The quantitative estimate of drug-likeness (QED) is 0.786. The van der Waals surface area contributed by atoms with Gasteiger partial charge in [-0.05, 0) is 36.4 Å². The Morgan fingerprint density at radius 3 is 2.48 bits per heavy atom. The Morgan fingerprint density at radius 1 is 0.913 bits per heavy atom. The second kappa shape index (κ2) is 7.17. The summed E-state index contributed by atoms with van der Waals surface area (Å²) in [4.78, 5) is 20.7. The average molecular weight is 305 g/mol. The zero-order valence-corrected chi connectivity index (χ0v) is 12.3. The van der Waals surface area contributed by atoms with Gasteiger partial charge in [0.15, 0.2) is 0 Å². The van der Waals surface area contributed by atoms with E-state index in [2.05, 4.69) is 15.3 Å². The SMILES string of the molecule is O=C(NCc1ccccn1)c1cccnc1Oc1ccccc1. The smallest absolute Gasteiger partial charge is 0.257 e. The molecule has 1 aromatic carbocycles. The molecule has 0 atom stereocenters. The topological polar surface area (TPSA) is 64.1 Å². The van der Waals surface area contributed by atoms with Crippen LogP contribution in [-0.2, 0) is 6.54 Å². The lowest BCUT2D eigenvalue weighted by molar-refractivity contribution is 0.0947. The van der Waals surface area contributed by atoms with E-state index in [4.69, 9.17) is 4.74 Å². The molecular formula is C18H15N3O2. The van der Waals surface area contributed by atoms with Crippen molar-refractivity contribution in [2.75, 3.05) is 0 Å². The van der Waals surface area contributed by atoms with Gasteiger partial charge >= 0.3 is 0 Å². The van der Waals surface area contributed by atoms with E-state index in [1.807, 2.05) is 48.5 Å². The Labute approximate surface area is 134 Å². The van der Waals surface area contributed by atoms with E-state index in [-0.39, 0.29) is 11.8 Å². The van der Waals surface area contributed by atoms with Gasteiger partial charge < -0.3 is 10.1 Å². The van der Waals surface area contributed by atoms with Crippen LogP contribution in [0.5, 0.6) is 11.6 Å². The van der Waals surface area contributed by atoms with Crippen molar-refractivity contribution in [3.05, 3.63) is 84.3 Å². The Balaban J connectivity index is 1.73. The van der Waals surface area contributed by atoms with Crippen molar-refractivity contribution in [3.8, 4) is 11.6 Å². The summed E-state index contributed by atoms with van der Waals surface area (Å²) in [6.45, 7) is 0.347. The van der Waals surface area contributed by atoms with E-state index in [0.717, 1.165) is 5.69 Å². The fourth-order valence-electron chi connectivity index (χ4n) is 2.01. The molecule has 1 N–H and O–H groups in total. The Kier molecular flexibility index (Phi) is 4.59. The molecule has 5 nitrogen and oxygen atoms in total. The minimum atomic E-state index is -0.255. The average Bonchev–Trinajstić information content (AvgIpc) is 2.62. The zero-order chi connectivity index (χ0) is 15.9. The number of amides is 1. The van der Waals surface area contributed by atoms with Crippen LogP contribution in [0.4, 0.5) is 0 Å². The van der Waals surface area contributed by atoms with Crippen molar-refractivity contribution in [1.29, 1.82) is 0 Å². The molecule has 0 spiro atoms. The highest BCUT2D eigenvalue weighted by atomic mass is 16.5. The number of ether oxygens (including phenoxy) is 1. The van der Waals surface area contributed by atoms with Gasteiger partial charge in [0, 0.05) is 12.4 Å². The Hall–Kier alpha value is -3.21. The van der Waals surface area contributed by atoms with Gasteiger partial charge in [0.25, 0.3) is 5.91 Å². The van der Waals surface area contributed by atoms with E-state index in [9.17, 15) is 4.79 Å². The monoisotopic (exact) mass is 305 g/mol. The first-order valence-electron chi connectivity index (χ1n) is 7.19. The van der Waals surface area contributed by atoms with E-state index in [1.54, 1.807) is 24.5 Å². The zero-order valence-electron chi connectivity index (χ0n) is 12.3. The molecule has 0 aliphatic heterocycles. The number of nitrogens with zero attached hydrogens (tertiary/aromatic N) is 2. The van der Waals surface area contributed by atoms with Gasteiger partial charge in [0.1, 0.15) is 11.3 Å². The summed E-state index contributed by atoms with van der Waals surface area (Å²) >= 11 is 0. The molecular weight excluding hydrogens is 290 g/mol. The summed E-state index contributed by atoms with van der Waals surface area (Å²) in [5.41, 5.74) is 1.17. The first-order chi connectivity index (χ1) is 11.3. The summed E-state index contributed by atoms with van der Waals surface area (Å²) in [5.74, 6) is 0.650.